The van der Waals surface area contributed by atoms with Crippen LogP contribution in [-0.4, -0.2) is 56.1 Å². The third-order valence-corrected chi connectivity index (χ3v) is 3.29. The van der Waals surface area contributed by atoms with E-state index in [0.29, 0.717) is 6.54 Å². The maximum absolute atomic E-state index is 13.3. The van der Waals surface area contributed by atoms with Crippen molar-refractivity contribution in [2.75, 3.05) is 51.6 Å². The Hall–Kier alpha value is -1.20. The monoisotopic (exact) mass is 255 g/mol. The lowest BCUT2D eigenvalue weighted by Crippen LogP contribution is -2.45. The molecule has 1 N–H and O–H groups in total. The summed E-state index contributed by atoms with van der Waals surface area (Å²) < 4.78 is 26.7. The summed E-state index contributed by atoms with van der Waals surface area (Å²) in [5, 5.41) is 2.83. The SMILES string of the molecule is CN1CCN(CCNc2c(F)cccc2F)CC1. The first-order valence-corrected chi connectivity index (χ1v) is 6.25. The largest absolute Gasteiger partial charge is 0.379 e. The number of para-hydroxylation sites is 1. The number of hydrogen-bond acceptors (Lipinski definition) is 3. The summed E-state index contributed by atoms with van der Waals surface area (Å²) in [6.45, 7) is 5.49. The molecule has 1 aliphatic rings. The van der Waals surface area contributed by atoms with E-state index in [1.54, 1.807) is 0 Å². The maximum atomic E-state index is 13.3. The molecule has 1 fully saturated rings. The molecule has 1 heterocycles. The van der Waals surface area contributed by atoms with Crippen molar-refractivity contribution in [2.45, 2.75) is 0 Å². The Balaban J connectivity index is 1.78. The molecule has 5 heteroatoms. The van der Waals surface area contributed by atoms with Gasteiger partial charge in [0.15, 0.2) is 0 Å². The fourth-order valence-corrected chi connectivity index (χ4v) is 2.08. The molecule has 1 aromatic carbocycles. The van der Waals surface area contributed by atoms with Gasteiger partial charge in [-0.05, 0) is 19.2 Å². The molecule has 1 saturated heterocycles. The van der Waals surface area contributed by atoms with Gasteiger partial charge in [-0.2, -0.15) is 0 Å². The minimum atomic E-state index is -0.534. The van der Waals surface area contributed by atoms with Crippen LogP contribution in [0.15, 0.2) is 18.2 Å². The van der Waals surface area contributed by atoms with Gasteiger partial charge >= 0.3 is 0 Å². The number of benzene rings is 1. The zero-order valence-electron chi connectivity index (χ0n) is 10.6. The standard InChI is InChI=1S/C13H19F2N3/c1-17-7-9-18(10-8-17)6-5-16-13-11(14)3-2-4-12(13)15/h2-4,16H,5-10H2,1H3. The molecule has 3 nitrogen and oxygen atoms in total. The van der Waals surface area contributed by atoms with Crippen LogP contribution in [0, 0.1) is 11.6 Å². The molecule has 1 aliphatic heterocycles. The molecule has 0 spiro atoms. The fraction of sp³-hybridized carbons (Fsp3) is 0.538. The van der Waals surface area contributed by atoms with Gasteiger partial charge in [-0.3, -0.25) is 4.90 Å². The topological polar surface area (TPSA) is 18.5 Å². The molecular weight excluding hydrogens is 236 g/mol. The molecule has 0 unspecified atom stereocenters. The van der Waals surface area contributed by atoms with Gasteiger partial charge in [0.1, 0.15) is 17.3 Å². The maximum Gasteiger partial charge on any atom is 0.149 e. The van der Waals surface area contributed by atoms with Gasteiger partial charge in [0.25, 0.3) is 0 Å². The van der Waals surface area contributed by atoms with E-state index in [2.05, 4.69) is 22.2 Å². The first kappa shape index (κ1) is 13.2. The molecule has 0 bridgehead atoms. The Morgan fingerprint density at radius 3 is 2.33 bits per heavy atom. The number of anilines is 1. The molecule has 18 heavy (non-hydrogen) atoms. The van der Waals surface area contributed by atoms with Crippen LogP contribution >= 0.6 is 0 Å². The van der Waals surface area contributed by atoms with Crippen LogP contribution in [0.3, 0.4) is 0 Å². The van der Waals surface area contributed by atoms with E-state index >= 15 is 0 Å². The Labute approximate surface area is 106 Å². The van der Waals surface area contributed by atoms with Crippen molar-refractivity contribution in [3.05, 3.63) is 29.8 Å². The predicted octanol–water partition coefficient (Wildman–Crippen LogP) is 1.62. The van der Waals surface area contributed by atoms with Crippen molar-refractivity contribution in [3.8, 4) is 0 Å². The van der Waals surface area contributed by atoms with Crippen LogP contribution in [0.4, 0.5) is 14.5 Å². The lowest BCUT2D eigenvalue weighted by molar-refractivity contribution is 0.158. The summed E-state index contributed by atoms with van der Waals surface area (Å²) in [5.41, 5.74) is -0.0216. The number of hydrogen-bond donors (Lipinski definition) is 1. The second-order valence-corrected chi connectivity index (χ2v) is 4.67. The van der Waals surface area contributed by atoms with Crippen molar-refractivity contribution in [1.82, 2.24) is 9.80 Å². The van der Waals surface area contributed by atoms with Crippen molar-refractivity contribution >= 4 is 5.69 Å². The number of likely N-dealkylation sites (N-methyl/N-ethyl adjacent to an activating group) is 1. The van der Waals surface area contributed by atoms with E-state index in [1.165, 1.54) is 18.2 Å². The van der Waals surface area contributed by atoms with E-state index in [1.807, 2.05) is 0 Å². The molecule has 0 atom stereocenters. The Morgan fingerprint density at radius 1 is 1.11 bits per heavy atom. The smallest absolute Gasteiger partial charge is 0.149 e. The van der Waals surface area contributed by atoms with Crippen LogP contribution in [0.2, 0.25) is 0 Å². The van der Waals surface area contributed by atoms with E-state index in [-0.39, 0.29) is 5.69 Å². The number of piperazine rings is 1. The Bertz CT molecular complexity index is 370. The normalized spacial score (nSPS) is 17.9. The van der Waals surface area contributed by atoms with Gasteiger partial charge in [0, 0.05) is 39.3 Å². The summed E-state index contributed by atoms with van der Waals surface area (Å²) in [7, 11) is 2.10. The summed E-state index contributed by atoms with van der Waals surface area (Å²) in [5.74, 6) is -1.07. The molecule has 100 valence electrons. The van der Waals surface area contributed by atoms with Crippen LogP contribution in [0.25, 0.3) is 0 Å². The zero-order chi connectivity index (χ0) is 13.0. The highest BCUT2D eigenvalue weighted by molar-refractivity contribution is 5.45. The molecule has 0 amide bonds. The number of rotatable bonds is 4. The van der Waals surface area contributed by atoms with E-state index < -0.39 is 11.6 Å². The third kappa shape index (κ3) is 3.40. The third-order valence-electron chi connectivity index (χ3n) is 3.29. The lowest BCUT2D eigenvalue weighted by Gasteiger charge is -2.32. The molecule has 0 radical (unpaired) electrons. The fourth-order valence-electron chi connectivity index (χ4n) is 2.08. The summed E-state index contributed by atoms with van der Waals surface area (Å²) in [4.78, 5) is 4.58. The van der Waals surface area contributed by atoms with Crippen LogP contribution in [-0.2, 0) is 0 Å². The van der Waals surface area contributed by atoms with Gasteiger partial charge in [-0.25, -0.2) is 8.78 Å². The van der Waals surface area contributed by atoms with Gasteiger partial charge in [-0.15, -0.1) is 0 Å². The van der Waals surface area contributed by atoms with Crippen LogP contribution < -0.4 is 5.32 Å². The summed E-state index contributed by atoms with van der Waals surface area (Å²) in [6, 6.07) is 3.90. The van der Waals surface area contributed by atoms with Crippen molar-refractivity contribution in [3.63, 3.8) is 0 Å². The first-order valence-electron chi connectivity index (χ1n) is 6.25. The Kier molecular flexibility index (Phi) is 4.49. The molecule has 2 rings (SSSR count). The number of nitrogens with one attached hydrogen (secondary N) is 1. The highest BCUT2D eigenvalue weighted by Crippen LogP contribution is 2.17. The highest BCUT2D eigenvalue weighted by Gasteiger charge is 2.13. The average molecular weight is 255 g/mol. The Morgan fingerprint density at radius 2 is 1.72 bits per heavy atom. The minimum Gasteiger partial charge on any atom is -0.379 e. The molecule has 0 aliphatic carbocycles. The lowest BCUT2D eigenvalue weighted by atomic mass is 10.3. The second kappa shape index (κ2) is 6.11. The van der Waals surface area contributed by atoms with Gasteiger partial charge in [0.2, 0.25) is 0 Å². The minimum absolute atomic E-state index is 0.0216. The summed E-state index contributed by atoms with van der Waals surface area (Å²) in [6.07, 6.45) is 0. The van der Waals surface area contributed by atoms with Gasteiger partial charge < -0.3 is 10.2 Å². The highest BCUT2D eigenvalue weighted by atomic mass is 19.1. The predicted molar refractivity (Wildman–Crippen MR) is 68.8 cm³/mol. The van der Waals surface area contributed by atoms with Gasteiger partial charge in [-0.1, -0.05) is 6.07 Å². The molecule has 0 saturated carbocycles. The summed E-state index contributed by atoms with van der Waals surface area (Å²) >= 11 is 0. The average Bonchev–Trinajstić information content (AvgIpc) is 2.35. The first-order chi connectivity index (χ1) is 8.66. The van der Waals surface area contributed by atoms with E-state index in [0.717, 1.165) is 32.7 Å². The van der Waals surface area contributed by atoms with Crippen LogP contribution in [0.5, 0.6) is 0 Å². The quantitative estimate of drug-likeness (QED) is 0.882. The molecule has 1 aromatic rings. The van der Waals surface area contributed by atoms with E-state index in [9.17, 15) is 8.78 Å². The van der Waals surface area contributed by atoms with Crippen molar-refractivity contribution in [1.29, 1.82) is 0 Å². The van der Waals surface area contributed by atoms with Crippen molar-refractivity contribution in [2.24, 2.45) is 0 Å². The van der Waals surface area contributed by atoms with Gasteiger partial charge in [0.05, 0.1) is 0 Å². The molecule has 0 aromatic heterocycles. The molecular formula is C13H19F2N3. The van der Waals surface area contributed by atoms with Crippen molar-refractivity contribution < 1.29 is 8.78 Å². The van der Waals surface area contributed by atoms with Crippen LogP contribution in [0.1, 0.15) is 0 Å². The second-order valence-electron chi connectivity index (χ2n) is 4.67. The van der Waals surface area contributed by atoms with E-state index in [4.69, 9.17) is 0 Å². The number of halogens is 2. The number of nitrogens with zero attached hydrogens (tertiary/aromatic N) is 2. The zero-order valence-corrected chi connectivity index (χ0v) is 10.6.